The van der Waals surface area contributed by atoms with Crippen molar-refractivity contribution in [1.82, 2.24) is 9.88 Å². The minimum Gasteiger partial charge on any atom is -0.503 e. The zero-order valence-electron chi connectivity index (χ0n) is 20.2. The van der Waals surface area contributed by atoms with E-state index in [1.165, 1.54) is 4.90 Å². The Bertz CT molecular complexity index is 1400. The normalized spacial score (nSPS) is 15.7. The van der Waals surface area contributed by atoms with Crippen molar-refractivity contribution >= 4 is 28.3 Å². The second-order valence-electron chi connectivity index (χ2n) is 8.70. The second-order valence-corrected chi connectivity index (χ2v) is 8.70. The number of nitrogens with zero attached hydrogens (tertiary/aromatic N) is 3. The monoisotopic (exact) mass is 481 g/mol. The molecule has 0 fully saturated rings. The van der Waals surface area contributed by atoms with Crippen molar-refractivity contribution < 1.29 is 19.1 Å². The fourth-order valence-corrected chi connectivity index (χ4v) is 4.77. The Balaban J connectivity index is 1.58. The van der Waals surface area contributed by atoms with Crippen molar-refractivity contribution in [3.8, 4) is 0 Å². The molecule has 7 nitrogen and oxygen atoms in total. The van der Waals surface area contributed by atoms with Crippen LogP contribution in [0, 0.1) is 0 Å². The average molecular weight is 482 g/mol. The van der Waals surface area contributed by atoms with Crippen LogP contribution in [0.3, 0.4) is 0 Å². The topological polar surface area (TPSA) is 86.9 Å². The molecule has 1 amide bonds. The molecular formula is C29H27N3O4. The van der Waals surface area contributed by atoms with Crippen molar-refractivity contribution in [1.29, 1.82) is 0 Å². The van der Waals surface area contributed by atoms with Crippen LogP contribution in [0.5, 0.6) is 0 Å². The third-order valence-corrected chi connectivity index (χ3v) is 6.61. The van der Waals surface area contributed by atoms with E-state index in [-0.39, 0.29) is 17.9 Å². The minimum absolute atomic E-state index is 0.0125. The number of amides is 1. The Hall–Kier alpha value is -4.39. The Labute approximate surface area is 209 Å². The van der Waals surface area contributed by atoms with E-state index in [9.17, 15) is 14.7 Å². The molecule has 0 saturated heterocycles. The second kappa shape index (κ2) is 9.70. The van der Waals surface area contributed by atoms with E-state index >= 15 is 0 Å². The number of carbonyl (C=O) groups excluding carboxylic acids is 2. The summed E-state index contributed by atoms with van der Waals surface area (Å²) < 4.78 is 5.80. The molecule has 2 aromatic carbocycles. The molecule has 1 aliphatic heterocycles. The third-order valence-electron chi connectivity index (χ3n) is 6.61. The smallest absolute Gasteiger partial charge is 0.290 e. The van der Waals surface area contributed by atoms with Gasteiger partial charge in [0.05, 0.1) is 11.6 Å². The summed E-state index contributed by atoms with van der Waals surface area (Å²) in [5.74, 6) is -1.58. The van der Waals surface area contributed by atoms with Crippen molar-refractivity contribution in [2.75, 3.05) is 18.0 Å². The van der Waals surface area contributed by atoms with Gasteiger partial charge in [0, 0.05) is 43.1 Å². The van der Waals surface area contributed by atoms with Gasteiger partial charge >= 0.3 is 0 Å². The molecule has 0 bridgehead atoms. The number of ketones is 1. The molecule has 0 saturated carbocycles. The van der Waals surface area contributed by atoms with Gasteiger partial charge in [-0.05, 0) is 55.3 Å². The van der Waals surface area contributed by atoms with Gasteiger partial charge in [0.15, 0.2) is 11.5 Å². The number of carbonyl (C=O) groups is 2. The maximum atomic E-state index is 13.7. The van der Waals surface area contributed by atoms with Gasteiger partial charge in [0.25, 0.3) is 5.91 Å². The fraction of sp³-hybridized carbons (Fsp3) is 0.207. The molecule has 3 heterocycles. The lowest BCUT2D eigenvalue weighted by Crippen LogP contribution is -2.30. The summed E-state index contributed by atoms with van der Waals surface area (Å²) in [5.41, 5.74) is 3.15. The lowest BCUT2D eigenvalue weighted by molar-refractivity contribution is -0.130. The van der Waals surface area contributed by atoms with Crippen LogP contribution in [0.25, 0.3) is 11.0 Å². The molecule has 2 aromatic heterocycles. The summed E-state index contributed by atoms with van der Waals surface area (Å²) in [6.45, 7) is 6.10. The zero-order valence-corrected chi connectivity index (χ0v) is 20.2. The first-order chi connectivity index (χ1) is 17.5. The Morgan fingerprint density at radius 2 is 1.81 bits per heavy atom. The van der Waals surface area contributed by atoms with Crippen LogP contribution >= 0.6 is 0 Å². The van der Waals surface area contributed by atoms with E-state index in [1.807, 2.05) is 48.5 Å². The van der Waals surface area contributed by atoms with Crippen LogP contribution in [-0.4, -0.2) is 39.8 Å². The minimum atomic E-state index is -0.774. The van der Waals surface area contributed by atoms with Gasteiger partial charge in [0.1, 0.15) is 5.58 Å². The predicted molar refractivity (Wildman–Crippen MR) is 138 cm³/mol. The molecule has 182 valence electrons. The van der Waals surface area contributed by atoms with Crippen LogP contribution in [0.4, 0.5) is 5.69 Å². The first-order valence-electron chi connectivity index (χ1n) is 12.0. The van der Waals surface area contributed by atoms with Gasteiger partial charge in [-0.1, -0.05) is 36.4 Å². The van der Waals surface area contributed by atoms with Gasteiger partial charge < -0.3 is 19.3 Å². The summed E-state index contributed by atoms with van der Waals surface area (Å²) >= 11 is 0. The zero-order chi connectivity index (χ0) is 25.2. The van der Waals surface area contributed by atoms with Gasteiger partial charge in [-0.3, -0.25) is 14.6 Å². The Morgan fingerprint density at radius 3 is 2.47 bits per heavy atom. The number of aliphatic hydroxyl groups is 1. The maximum absolute atomic E-state index is 13.7. The molecule has 1 atom stereocenters. The highest BCUT2D eigenvalue weighted by Crippen LogP contribution is 2.41. The molecule has 0 radical (unpaired) electrons. The molecular weight excluding hydrogens is 454 g/mol. The number of hydrogen-bond acceptors (Lipinski definition) is 6. The summed E-state index contributed by atoms with van der Waals surface area (Å²) in [7, 11) is 0. The number of Topliss-reactive ketones (excluding diaryl/α,β-unsaturated/α-hetero) is 1. The highest BCUT2D eigenvalue weighted by atomic mass is 16.3. The third kappa shape index (κ3) is 4.13. The fourth-order valence-electron chi connectivity index (χ4n) is 4.77. The number of anilines is 1. The van der Waals surface area contributed by atoms with Crippen LogP contribution in [0.15, 0.2) is 94.9 Å². The molecule has 1 aliphatic rings. The van der Waals surface area contributed by atoms with Gasteiger partial charge in [-0.2, -0.15) is 0 Å². The van der Waals surface area contributed by atoms with Gasteiger partial charge in [-0.25, -0.2) is 0 Å². The Kier molecular flexibility index (Phi) is 6.29. The lowest BCUT2D eigenvalue weighted by atomic mass is 9.94. The number of para-hydroxylation sites is 1. The van der Waals surface area contributed by atoms with E-state index in [1.54, 1.807) is 30.6 Å². The van der Waals surface area contributed by atoms with Gasteiger partial charge in [-0.15, -0.1) is 0 Å². The molecule has 0 aliphatic carbocycles. The molecule has 1 unspecified atom stereocenters. The molecule has 1 N–H and O–H groups in total. The maximum Gasteiger partial charge on any atom is 0.290 e. The summed E-state index contributed by atoms with van der Waals surface area (Å²) in [6, 6.07) is 19.6. The van der Waals surface area contributed by atoms with E-state index in [4.69, 9.17) is 4.42 Å². The summed E-state index contributed by atoms with van der Waals surface area (Å²) in [6.07, 6.45) is 3.33. The molecule has 7 heteroatoms. The molecule has 4 aromatic rings. The molecule has 5 rings (SSSR count). The number of benzene rings is 2. The molecule has 36 heavy (non-hydrogen) atoms. The number of rotatable bonds is 8. The van der Waals surface area contributed by atoms with E-state index in [0.717, 1.165) is 35.3 Å². The van der Waals surface area contributed by atoms with Crippen molar-refractivity contribution in [3.63, 3.8) is 0 Å². The Morgan fingerprint density at radius 1 is 1.06 bits per heavy atom. The average Bonchev–Trinajstić information content (AvgIpc) is 3.45. The van der Waals surface area contributed by atoms with E-state index in [0.29, 0.717) is 5.58 Å². The lowest BCUT2D eigenvalue weighted by Gasteiger charge is -2.27. The van der Waals surface area contributed by atoms with Crippen LogP contribution in [-0.2, 0) is 11.3 Å². The van der Waals surface area contributed by atoms with Crippen LogP contribution in [0.1, 0.15) is 41.6 Å². The van der Waals surface area contributed by atoms with Crippen molar-refractivity contribution in [3.05, 3.63) is 107 Å². The number of aliphatic hydroxyl groups excluding tert-OH is 1. The first kappa shape index (κ1) is 23.4. The standard InChI is InChI=1S/C29H27N3O4/c1-3-31(4-2)22-13-11-20(12-14-22)26-25(27(33)24-16-21-9-5-6-10-23(21)36-24)28(34)29(35)32(26)18-19-8-7-15-30-17-19/h5-17,26,34H,3-4,18H2,1-2H3. The number of hydrogen-bond donors (Lipinski definition) is 1. The quantitative estimate of drug-likeness (QED) is 0.337. The van der Waals surface area contributed by atoms with Crippen molar-refractivity contribution in [2.24, 2.45) is 0 Å². The SMILES string of the molecule is CCN(CC)c1ccc(C2C(C(=O)c3cc4ccccc4o3)=C(O)C(=O)N2Cc2cccnc2)cc1. The highest BCUT2D eigenvalue weighted by Gasteiger charge is 2.44. The number of fused-ring (bicyclic) bond motifs is 1. The van der Waals surface area contributed by atoms with Crippen LogP contribution in [0.2, 0.25) is 0 Å². The highest BCUT2D eigenvalue weighted by molar-refractivity contribution is 6.16. The predicted octanol–water partition coefficient (Wildman–Crippen LogP) is 5.45. The first-order valence-corrected chi connectivity index (χ1v) is 12.0. The van der Waals surface area contributed by atoms with Gasteiger partial charge in [0.2, 0.25) is 5.78 Å². The molecule has 0 spiro atoms. The van der Waals surface area contributed by atoms with Crippen LogP contribution < -0.4 is 4.90 Å². The number of aromatic nitrogens is 1. The number of furan rings is 1. The van der Waals surface area contributed by atoms with Crippen molar-refractivity contribution in [2.45, 2.75) is 26.4 Å². The summed E-state index contributed by atoms with van der Waals surface area (Å²) in [4.78, 5) is 34.9. The summed E-state index contributed by atoms with van der Waals surface area (Å²) in [5, 5.41) is 11.7. The van der Waals surface area contributed by atoms with E-state index in [2.05, 4.69) is 23.7 Å². The van der Waals surface area contributed by atoms with E-state index < -0.39 is 23.5 Å². The largest absolute Gasteiger partial charge is 0.503 e. The number of pyridine rings is 1.